The number of carbonyl (C=O) groups is 1. The number of methoxy groups -OCH3 is 1. The molecule has 0 fully saturated rings. The largest absolute Gasteiger partial charge is 0.497 e. The van der Waals surface area contributed by atoms with E-state index in [1.807, 2.05) is 38.1 Å². The first-order valence-electron chi connectivity index (χ1n) is 8.75. The molecule has 1 aliphatic rings. The Hall–Kier alpha value is -3.15. The molecule has 1 amide bonds. The zero-order valence-corrected chi connectivity index (χ0v) is 15.9. The quantitative estimate of drug-likeness (QED) is 0.590. The van der Waals surface area contributed by atoms with Crippen molar-refractivity contribution in [1.29, 1.82) is 0 Å². The highest BCUT2D eigenvalue weighted by atomic mass is 16.6. The van der Waals surface area contributed by atoms with Crippen molar-refractivity contribution in [2.75, 3.05) is 7.11 Å². The Bertz CT molecular complexity index is 932. The van der Waals surface area contributed by atoms with Gasteiger partial charge in [-0.05, 0) is 67.7 Å². The minimum absolute atomic E-state index is 0.0733. The summed E-state index contributed by atoms with van der Waals surface area (Å²) in [5.74, 6) is 0.421. The zero-order chi connectivity index (χ0) is 19.7. The number of nitrogens with zero attached hydrogens (tertiary/aromatic N) is 2. The van der Waals surface area contributed by atoms with Crippen molar-refractivity contribution in [3.05, 3.63) is 75.0 Å². The molecule has 1 aliphatic heterocycles. The van der Waals surface area contributed by atoms with E-state index in [-0.39, 0.29) is 23.2 Å². The molecular weight excluding hydrogens is 344 g/mol. The molecule has 0 aromatic heterocycles. The SMILES string of the molecule is COc1ccc(C2=CN(C(=O)c3cc(C)c(C)cc3[N+](=O)[O-])[C@H](C)C2)cc1. The lowest BCUT2D eigenvalue weighted by molar-refractivity contribution is -0.385. The van der Waals surface area contributed by atoms with Gasteiger partial charge in [-0.15, -0.1) is 0 Å². The van der Waals surface area contributed by atoms with E-state index in [1.165, 1.54) is 6.07 Å². The molecule has 0 N–H and O–H groups in total. The van der Waals surface area contributed by atoms with Crippen LogP contribution >= 0.6 is 0 Å². The summed E-state index contributed by atoms with van der Waals surface area (Å²) >= 11 is 0. The van der Waals surface area contributed by atoms with Crippen LogP contribution in [0.1, 0.15) is 40.4 Å². The average Bonchev–Trinajstić information content (AvgIpc) is 3.04. The van der Waals surface area contributed by atoms with Gasteiger partial charge in [-0.3, -0.25) is 14.9 Å². The highest BCUT2D eigenvalue weighted by molar-refractivity contribution is 6.00. The number of nitro benzene ring substituents is 1. The third-order valence-electron chi connectivity index (χ3n) is 5.02. The fourth-order valence-corrected chi connectivity index (χ4v) is 3.28. The second kappa shape index (κ2) is 7.23. The van der Waals surface area contributed by atoms with Crippen molar-refractivity contribution < 1.29 is 14.5 Å². The molecule has 1 atom stereocenters. The number of amides is 1. The van der Waals surface area contributed by atoms with Gasteiger partial charge in [0, 0.05) is 18.3 Å². The van der Waals surface area contributed by atoms with Crippen LogP contribution in [-0.2, 0) is 0 Å². The molecule has 0 saturated heterocycles. The molecule has 140 valence electrons. The molecule has 0 bridgehead atoms. The maximum atomic E-state index is 13.1. The first kappa shape index (κ1) is 18.6. The van der Waals surface area contributed by atoms with Crippen LogP contribution in [-0.4, -0.2) is 28.9 Å². The summed E-state index contributed by atoms with van der Waals surface area (Å²) in [6, 6.07) is 10.7. The Kier molecular flexibility index (Phi) is 4.99. The molecule has 2 aromatic rings. The second-order valence-electron chi connectivity index (χ2n) is 6.86. The van der Waals surface area contributed by atoms with E-state index in [4.69, 9.17) is 4.74 Å². The third kappa shape index (κ3) is 3.56. The van der Waals surface area contributed by atoms with E-state index >= 15 is 0 Å². The number of benzene rings is 2. The Morgan fingerprint density at radius 3 is 2.41 bits per heavy atom. The minimum Gasteiger partial charge on any atom is -0.497 e. The summed E-state index contributed by atoms with van der Waals surface area (Å²) in [4.78, 5) is 25.6. The van der Waals surface area contributed by atoms with Crippen molar-refractivity contribution in [3.63, 3.8) is 0 Å². The van der Waals surface area contributed by atoms with Crippen LogP contribution in [0.25, 0.3) is 5.57 Å². The van der Waals surface area contributed by atoms with Gasteiger partial charge in [0.2, 0.25) is 0 Å². The van der Waals surface area contributed by atoms with E-state index in [0.29, 0.717) is 6.42 Å². The summed E-state index contributed by atoms with van der Waals surface area (Å²) in [6.07, 6.45) is 2.49. The first-order chi connectivity index (χ1) is 12.8. The van der Waals surface area contributed by atoms with Crippen molar-refractivity contribution in [3.8, 4) is 5.75 Å². The van der Waals surface area contributed by atoms with Crippen LogP contribution in [0.4, 0.5) is 5.69 Å². The summed E-state index contributed by atoms with van der Waals surface area (Å²) in [6.45, 7) is 5.59. The smallest absolute Gasteiger partial charge is 0.282 e. The molecule has 27 heavy (non-hydrogen) atoms. The number of ether oxygens (including phenoxy) is 1. The molecule has 6 heteroatoms. The Morgan fingerprint density at radius 1 is 1.19 bits per heavy atom. The normalized spacial score (nSPS) is 16.2. The summed E-state index contributed by atoms with van der Waals surface area (Å²) in [5.41, 5.74) is 3.65. The van der Waals surface area contributed by atoms with E-state index in [1.54, 1.807) is 31.2 Å². The predicted molar refractivity (Wildman–Crippen MR) is 104 cm³/mol. The van der Waals surface area contributed by atoms with Crippen molar-refractivity contribution in [2.45, 2.75) is 33.2 Å². The summed E-state index contributed by atoms with van der Waals surface area (Å²) in [5, 5.41) is 11.4. The number of rotatable bonds is 4. The van der Waals surface area contributed by atoms with Crippen molar-refractivity contribution >= 4 is 17.2 Å². The van der Waals surface area contributed by atoms with Crippen molar-refractivity contribution in [1.82, 2.24) is 4.90 Å². The monoisotopic (exact) mass is 366 g/mol. The number of hydrogen-bond acceptors (Lipinski definition) is 4. The molecule has 1 heterocycles. The lowest BCUT2D eigenvalue weighted by Crippen LogP contribution is -2.31. The van der Waals surface area contributed by atoms with E-state index in [0.717, 1.165) is 28.0 Å². The molecule has 0 spiro atoms. The molecule has 3 rings (SSSR count). The van der Waals surface area contributed by atoms with Crippen molar-refractivity contribution in [2.24, 2.45) is 0 Å². The number of nitro groups is 1. The van der Waals surface area contributed by atoms with Gasteiger partial charge in [0.05, 0.1) is 12.0 Å². The van der Waals surface area contributed by atoms with Crippen LogP contribution in [0.2, 0.25) is 0 Å². The lowest BCUT2D eigenvalue weighted by Gasteiger charge is -2.20. The highest BCUT2D eigenvalue weighted by Crippen LogP contribution is 2.33. The predicted octanol–water partition coefficient (Wildman–Crippen LogP) is 4.50. The molecule has 2 aromatic carbocycles. The van der Waals surface area contributed by atoms with Gasteiger partial charge < -0.3 is 9.64 Å². The molecule has 0 radical (unpaired) electrons. The van der Waals surface area contributed by atoms with E-state index < -0.39 is 4.92 Å². The topological polar surface area (TPSA) is 72.7 Å². The molecule has 0 aliphatic carbocycles. The van der Waals surface area contributed by atoms with E-state index in [2.05, 4.69) is 0 Å². The van der Waals surface area contributed by atoms with Gasteiger partial charge in [-0.1, -0.05) is 12.1 Å². The zero-order valence-electron chi connectivity index (χ0n) is 15.9. The van der Waals surface area contributed by atoms with Gasteiger partial charge in [0.25, 0.3) is 11.6 Å². The fraction of sp³-hybridized carbons (Fsp3) is 0.286. The van der Waals surface area contributed by atoms with Crippen LogP contribution < -0.4 is 4.74 Å². The Morgan fingerprint density at radius 2 is 1.81 bits per heavy atom. The maximum Gasteiger partial charge on any atom is 0.282 e. The Labute approximate surface area is 158 Å². The molecule has 0 saturated carbocycles. The first-order valence-corrected chi connectivity index (χ1v) is 8.75. The lowest BCUT2D eigenvalue weighted by atomic mass is 10.0. The highest BCUT2D eigenvalue weighted by Gasteiger charge is 2.31. The van der Waals surface area contributed by atoms with Crippen LogP contribution in [0.5, 0.6) is 5.75 Å². The van der Waals surface area contributed by atoms with Gasteiger partial charge in [0.1, 0.15) is 11.3 Å². The average molecular weight is 366 g/mol. The summed E-state index contributed by atoms with van der Waals surface area (Å²) in [7, 11) is 1.61. The number of hydrogen-bond donors (Lipinski definition) is 0. The Balaban J connectivity index is 1.96. The van der Waals surface area contributed by atoms with Gasteiger partial charge in [0.15, 0.2) is 0 Å². The maximum absolute atomic E-state index is 13.1. The minimum atomic E-state index is -0.492. The standard InChI is InChI=1S/C21H22N2O4/c1-13-9-19(20(23(25)26)10-14(13)2)21(24)22-12-17(11-15(22)3)16-5-7-18(27-4)8-6-16/h5-10,12,15H,11H2,1-4H3/t15-/m1/s1. The molecular formula is C21H22N2O4. The van der Waals surface area contributed by atoms with Gasteiger partial charge in [-0.25, -0.2) is 0 Å². The van der Waals surface area contributed by atoms with Gasteiger partial charge in [-0.2, -0.15) is 0 Å². The summed E-state index contributed by atoms with van der Waals surface area (Å²) < 4.78 is 5.18. The van der Waals surface area contributed by atoms with Crippen LogP contribution in [0.15, 0.2) is 42.6 Å². The molecule has 6 nitrogen and oxygen atoms in total. The second-order valence-corrected chi connectivity index (χ2v) is 6.86. The number of aryl methyl sites for hydroxylation is 2. The fourth-order valence-electron chi connectivity index (χ4n) is 3.28. The third-order valence-corrected chi connectivity index (χ3v) is 5.02. The van der Waals surface area contributed by atoms with Crippen LogP contribution in [0.3, 0.4) is 0 Å². The van der Waals surface area contributed by atoms with Gasteiger partial charge >= 0.3 is 0 Å². The van der Waals surface area contributed by atoms with Crippen LogP contribution in [0, 0.1) is 24.0 Å². The number of carbonyl (C=O) groups excluding carboxylic acids is 1. The molecule has 0 unspecified atom stereocenters. The van der Waals surface area contributed by atoms with E-state index in [9.17, 15) is 14.9 Å².